The zero-order chi connectivity index (χ0) is 15.3. The summed E-state index contributed by atoms with van der Waals surface area (Å²) in [5, 5.41) is 41.0. The number of nitroso groups, excluding NO2 is 1. The maximum Gasteiger partial charge on any atom is 0.110 e. The first kappa shape index (κ1) is 16.5. The molecule has 0 aliphatic carbocycles. The largest absolute Gasteiger partial charge is 0.394 e. The molecule has 0 fully saturated rings. The molecule has 0 radical (unpaired) electrons. The minimum Gasteiger partial charge on any atom is -0.394 e. The average molecular weight is 284 g/mol. The Morgan fingerprint density at radius 2 is 1.80 bits per heavy atom. The maximum absolute atomic E-state index is 10.9. The van der Waals surface area contributed by atoms with Crippen LogP contribution in [0.5, 0.6) is 0 Å². The monoisotopic (exact) mass is 284 g/mol. The van der Waals surface area contributed by atoms with E-state index in [1.807, 2.05) is 19.9 Å². The van der Waals surface area contributed by atoms with Crippen LogP contribution in [-0.2, 0) is 0 Å². The van der Waals surface area contributed by atoms with Crippen molar-refractivity contribution in [3.05, 3.63) is 34.2 Å². The molecule has 0 spiro atoms. The van der Waals surface area contributed by atoms with E-state index in [1.165, 1.54) is 0 Å². The standard InChI is InChI=1S/C13H20N2O5/c1-8-3-4-10(5-9(8)2)15(14-20)6-11(17)13(19)12(18)7-16/h3-5,11-13,16-19H,6-7H2,1-2H3/t11-,12+,13+/m1/s1. The molecule has 0 amide bonds. The number of hydrogen-bond acceptors (Lipinski definition) is 6. The van der Waals surface area contributed by atoms with E-state index in [0.717, 1.165) is 16.1 Å². The maximum atomic E-state index is 10.9. The summed E-state index contributed by atoms with van der Waals surface area (Å²) in [5.41, 5.74) is 2.49. The second kappa shape index (κ2) is 7.30. The molecule has 0 unspecified atom stereocenters. The Morgan fingerprint density at radius 3 is 2.30 bits per heavy atom. The van der Waals surface area contributed by atoms with Crippen molar-refractivity contribution in [3.63, 3.8) is 0 Å². The van der Waals surface area contributed by atoms with Gasteiger partial charge in [-0.2, -0.15) is 0 Å². The molecule has 4 N–H and O–H groups in total. The Labute approximate surface area is 117 Å². The van der Waals surface area contributed by atoms with Gasteiger partial charge < -0.3 is 20.4 Å². The number of anilines is 1. The molecule has 112 valence electrons. The fraction of sp³-hybridized carbons (Fsp3) is 0.538. The van der Waals surface area contributed by atoms with E-state index in [-0.39, 0.29) is 6.54 Å². The van der Waals surface area contributed by atoms with Gasteiger partial charge in [-0.25, -0.2) is 5.01 Å². The molecule has 7 nitrogen and oxygen atoms in total. The first-order valence-corrected chi connectivity index (χ1v) is 6.23. The molecule has 1 rings (SSSR count). The molecule has 0 saturated heterocycles. The lowest BCUT2D eigenvalue weighted by Gasteiger charge is -2.25. The van der Waals surface area contributed by atoms with Crippen LogP contribution < -0.4 is 5.01 Å². The molecule has 0 heterocycles. The van der Waals surface area contributed by atoms with E-state index < -0.39 is 24.9 Å². The predicted octanol–water partition coefficient (Wildman–Crippen LogP) is -0.134. The van der Waals surface area contributed by atoms with Gasteiger partial charge in [0.25, 0.3) is 0 Å². The van der Waals surface area contributed by atoms with Gasteiger partial charge in [0.05, 0.1) is 24.1 Å². The van der Waals surface area contributed by atoms with E-state index in [4.69, 9.17) is 5.11 Å². The van der Waals surface area contributed by atoms with Gasteiger partial charge in [-0.1, -0.05) is 6.07 Å². The Morgan fingerprint density at radius 1 is 1.15 bits per heavy atom. The summed E-state index contributed by atoms with van der Waals surface area (Å²) in [5.74, 6) is 0. The van der Waals surface area contributed by atoms with E-state index in [9.17, 15) is 20.2 Å². The molecule has 3 atom stereocenters. The summed E-state index contributed by atoms with van der Waals surface area (Å²) in [6.07, 6.45) is -4.45. The summed E-state index contributed by atoms with van der Waals surface area (Å²) < 4.78 is 0. The van der Waals surface area contributed by atoms with Crippen molar-refractivity contribution in [2.45, 2.75) is 32.2 Å². The minimum absolute atomic E-state index is 0.287. The number of hydrogen-bond donors (Lipinski definition) is 4. The summed E-state index contributed by atoms with van der Waals surface area (Å²) in [7, 11) is 0. The van der Waals surface area contributed by atoms with Crippen LogP contribution in [0.3, 0.4) is 0 Å². The highest BCUT2D eigenvalue weighted by atomic mass is 16.4. The van der Waals surface area contributed by atoms with Crippen LogP contribution in [0.15, 0.2) is 23.5 Å². The third-order valence-electron chi connectivity index (χ3n) is 3.22. The second-order valence-corrected chi connectivity index (χ2v) is 4.74. The van der Waals surface area contributed by atoms with Crippen molar-refractivity contribution in [3.8, 4) is 0 Å². The van der Waals surface area contributed by atoms with Crippen LogP contribution in [0.25, 0.3) is 0 Å². The van der Waals surface area contributed by atoms with Crippen LogP contribution in [0.2, 0.25) is 0 Å². The third kappa shape index (κ3) is 3.97. The molecule has 0 bridgehead atoms. The second-order valence-electron chi connectivity index (χ2n) is 4.74. The lowest BCUT2D eigenvalue weighted by molar-refractivity contribution is -0.0731. The zero-order valence-electron chi connectivity index (χ0n) is 11.5. The number of nitrogens with zero attached hydrogens (tertiary/aromatic N) is 2. The van der Waals surface area contributed by atoms with Gasteiger partial charge in [0.2, 0.25) is 0 Å². The van der Waals surface area contributed by atoms with Crippen molar-refractivity contribution in [1.82, 2.24) is 0 Å². The Balaban J connectivity index is 2.81. The van der Waals surface area contributed by atoms with Crippen LogP contribution in [0.1, 0.15) is 11.1 Å². The predicted molar refractivity (Wildman–Crippen MR) is 74.2 cm³/mol. The van der Waals surface area contributed by atoms with Crippen LogP contribution >= 0.6 is 0 Å². The molecule has 0 saturated carbocycles. The highest BCUT2D eigenvalue weighted by molar-refractivity contribution is 5.50. The first-order chi connectivity index (χ1) is 9.40. The molecule has 0 aliphatic heterocycles. The van der Waals surface area contributed by atoms with Gasteiger partial charge in [-0.3, -0.25) is 0 Å². The highest BCUT2D eigenvalue weighted by Crippen LogP contribution is 2.20. The van der Waals surface area contributed by atoms with Crippen molar-refractivity contribution >= 4 is 5.69 Å². The fourth-order valence-corrected chi connectivity index (χ4v) is 1.72. The number of aliphatic hydroxyl groups excluding tert-OH is 4. The van der Waals surface area contributed by atoms with Gasteiger partial charge >= 0.3 is 0 Å². The van der Waals surface area contributed by atoms with Crippen LogP contribution in [0.4, 0.5) is 5.69 Å². The Kier molecular flexibility index (Phi) is 6.03. The van der Waals surface area contributed by atoms with Crippen molar-refractivity contribution in [2.75, 3.05) is 18.2 Å². The number of benzene rings is 1. The topological polar surface area (TPSA) is 114 Å². The van der Waals surface area contributed by atoms with Gasteiger partial charge in [0.15, 0.2) is 0 Å². The molecule has 1 aromatic rings. The van der Waals surface area contributed by atoms with Gasteiger partial charge in [0.1, 0.15) is 18.3 Å². The van der Waals surface area contributed by atoms with Crippen molar-refractivity contribution in [1.29, 1.82) is 0 Å². The minimum atomic E-state index is -1.56. The molecular weight excluding hydrogens is 264 g/mol. The average Bonchev–Trinajstić information content (AvgIpc) is 2.45. The molecule has 20 heavy (non-hydrogen) atoms. The number of rotatable bonds is 7. The lowest BCUT2D eigenvalue weighted by Crippen LogP contribution is -2.44. The van der Waals surface area contributed by atoms with E-state index >= 15 is 0 Å². The molecule has 0 aromatic heterocycles. The molecular formula is C13H20N2O5. The summed E-state index contributed by atoms with van der Waals surface area (Å²) in [6, 6.07) is 5.22. The number of aliphatic hydroxyl groups is 4. The summed E-state index contributed by atoms with van der Waals surface area (Å²) in [4.78, 5) is 10.9. The zero-order valence-corrected chi connectivity index (χ0v) is 11.5. The third-order valence-corrected chi connectivity index (χ3v) is 3.22. The molecule has 7 heteroatoms. The van der Waals surface area contributed by atoms with Crippen LogP contribution in [0, 0.1) is 18.8 Å². The summed E-state index contributed by atoms with van der Waals surface area (Å²) >= 11 is 0. The fourth-order valence-electron chi connectivity index (χ4n) is 1.72. The van der Waals surface area contributed by atoms with Gasteiger partial charge in [-0.05, 0) is 37.1 Å². The van der Waals surface area contributed by atoms with Crippen molar-refractivity contribution < 1.29 is 20.4 Å². The quantitative estimate of drug-likeness (QED) is 0.409. The van der Waals surface area contributed by atoms with E-state index in [1.54, 1.807) is 12.1 Å². The van der Waals surface area contributed by atoms with E-state index in [0.29, 0.717) is 5.69 Å². The normalized spacial score (nSPS) is 15.5. The number of aryl methyl sites for hydroxylation is 2. The SMILES string of the molecule is Cc1ccc(N(C[C@@H](O)[C@H](O)[C@@H](O)CO)N=O)cc1C. The summed E-state index contributed by atoms with van der Waals surface area (Å²) in [6.45, 7) is 2.83. The van der Waals surface area contributed by atoms with Crippen molar-refractivity contribution in [2.24, 2.45) is 5.29 Å². The molecule has 0 aliphatic rings. The Hall–Kier alpha value is -1.54. The highest BCUT2D eigenvalue weighted by Gasteiger charge is 2.26. The Bertz CT molecular complexity index is 454. The van der Waals surface area contributed by atoms with Gasteiger partial charge in [0, 0.05) is 0 Å². The van der Waals surface area contributed by atoms with Crippen LogP contribution in [-0.4, -0.2) is 51.9 Å². The smallest absolute Gasteiger partial charge is 0.110 e. The lowest BCUT2D eigenvalue weighted by atomic mass is 10.1. The van der Waals surface area contributed by atoms with Gasteiger partial charge in [-0.15, -0.1) is 4.91 Å². The first-order valence-electron chi connectivity index (χ1n) is 6.23. The molecule has 1 aromatic carbocycles. The van der Waals surface area contributed by atoms with E-state index in [2.05, 4.69) is 5.29 Å².